The van der Waals surface area contributed by atoms with Crippen LogP contribution >= 0.6 is 0 Å². The molecule has 1 aromatic rings. The van der Waals surface area contributed by atoms with Crippen molar-refractivity contribution < 1.29 is 19.5 Å². The number of carboxylic acid groups (broad SMARTS) is 1. The van der Waals surface area contributed by atoms with Crippen molar-refractivity contribution in [1.29, 1.82) is 0 Å². The Morgan fingerprint density at radius 3 is 2.29 bits per heavy atom. The van der Waals surface area contributed by atoms with Crippen LogP contribution in [-0.4, -0.2) is 43.2 Å². The number of benzene rings is 1. The van der Waals surface area contributed by atoms with Crippen molar-refractivity contribution in [1.82, 2.24) is 10.6 Å². The van der Waals surface area contributed by atoms with E-state index >= 15 is 0 Å². The highest BCUT2D eigenvalue weighted by Crippen LogP contribution is 2.14. The molecule has 0 aliphatic carbocycles. The molecule has 0 aromatic heterocycles. The normalized spacial score (nSPS) is 9.76. The zero-order chi connectivity index (χ0) is 15.7. The lowest BCUT2D eigenvalue weighted by atomic mass is 10.2. The van der Waals surface area contributed by atoms with E-state index in [1.165, 1.54) is 7.05 Å². The van der Waals surface area contributed by atoms with Gasteiger partial charge in [-0.25, -0.2) is 4.79 Å². The largest absolute Gasteiger partial charge is 0.481 e. The molecule has 0 fully saturated rings. The highest BCUT2D eigenvalue weighted by molar-refractivity contribution is 5.94. The van der Waals surface area contributed by atoms with Crippen LogP contribution < -0.4 is 15.5 Å². The molecule has 0 atom stereocenters. The SMILES string of the molecule is CNC(=O)NC(=O)CCN(CCC(=O)O)c1ccccc1. The highest BCUT2D eigenvalue weighted by Gasteiger charge is 2.12. The van der Waals surface area contributed by atoms with Crippen molar-refractivity contribution >= 4 is 23.6 Å². The van der Waals surface area contributed by atoms with E-state index in [2.05, 4.69) is 10.6 Å². The van der Waals surface area contributed by atoms with Crippen LogP contribution in [0.15, 0.2) is 30.3 Å². The van der Waals surface area contributed by atoms with Crippen molar-refractivity contribution in [2.75, 3.05) is 25.0 Å². The van der Waals surface area contributed by atoms with Gasteiger partial charge >= 0.3 is 12.0 Å². The Balaban J connectivity index is 2.59. The second kappa shape index (κ2) is 8.57. The molecule has 1 rings (SSSR count). The van der Waals surface area contributed by atoms with Gasteiger partial charge < -0.3 is 15.3 Å². The first-order valence-electron chi connectivity index (χ1n) is 6.56. The average molecular weight is 293 g/mol. The fraction of sp³-hybridized carbons (Fsp3) is 0.357. The number of urea groups is 1. The van der Waals surface area contributed by atoms with Gasteiger partial charge in [0.25, 0.3) is 0 Å². The standard InChI is InChI=1S/C14H19N3O4/c1-15-14(21)16-12(18)7-9-17(10-8-13(19)20)11-5-3-2-4-6-11/h2-6H,7-10H2,1H3,(H,19,20)(H2,15,16,18,21). The van der Waals surface area contributed by atoms with E-state index in [9.17, 15) is 14.4 Å². The summed E-state index contributed by atoms with van der Waals surface area (Å²) in [5.41, 5.74) is 0.839. The molecule has 3 amide bonds. The molecule has 0 spiro atoms. The van der Waals surface area contributed by atoms with Crippen LogP contribution in [0.4, 0.5) is 10.5 Å². The van der Waals surface area contributed by atoms with Gasteiger partial charge in [-0.1, -0.05) is 18.2 Å². The van der Waals surface area contributed by atoms with E-state index in [0.29, 0.717) is 13.1 Å². The van der Waals surface area contributed by atoms with Gasteiger partial charge in [-0.05, 0) is 12.1 Å². The van der Waals surface area contributed by atoms with Crippen molar-refractivity contribution in [2.24, 2.45) is 0 Å². The van der Waals surface area contributed by atoms with Crippen LogP contribution in [0.25, 0.3) is 0 Å². The van der Waals surface area contributed by atoms with Crippen LogP contribution in [0.3, 0.4) is 0 Å². The maximum Gasteiger partial charge on any atom is 0.321 e. The van der Waals surface area contributed by atoms with E-state index < -0.39 is 17.9 Å². The fourth-order valence-electron chi connectivity index (χ4n) is 1.73. The van der Waals surface area contributed by atoms with E-state index in [-0.39, 0.29) is 12.8 Å². The second-order valence-corrected chi connectivity index (χ2v) is 4.34. The van der Waals surface area contributed by atoms with Crippen molar-refractivity contribution in [2.45, 2.75) is 12.8 Å². The van der Waals surface area contributed by atoms with Gasteiger partial charge in [-0.15, -0.1) is 0 Å². The number of para-hydroxylation sites is 1. The van der Waals surface area contributed by atoms with Crippen LogP contribution in [0.1, 0.15) is 12.8 Å². The molecular weight excluding hydrogens is 274 g/mol. The summed E-state index contributed by atoms with van der Waals surface area (Å²) in [5, 5.41) is 13.2. The summed E-state index contributed by atoms with van der Waals surface area (Å²) in [7, 11) is 1.42. The number of carbonyl (C=O) groups is 3. The molecule has 114 valence electrons. The van der Waals surface area contributed by atoms with Crippen molar-refractivity contribution in [3.8, 4) is 0 Å². The molecule has 1 aromatic carbocycles. The van der Waals surface area contributed by atoms with Gasteiger partial charge in [0, 0.05) is 32.2 Å². The molecule has 0 unspecified atom stereocenters. The monoisotopic (exact) mass is 293 g/mol. The smallest absolute Gasteiger partial charge is 0.321 e. The zero-order valence-electron chi connectivity index (χ0n) is 11.8. The molecule has 21 heavy (non-hydrogen) atoms. The first-order valence-corrected chi connectivity index (χ1v) is 6.56. The number of amides is 3. The number of carboxylic acids is 1. The van der Waals surface area contributed by atoms with Crippen molar-refractivity contribution in [3.63, 3.8) is 0 Å². The quantitative estimate of drug-likeness (QED) is 0.691. The third-order valence-corrected chi connectivity index (χ3v) is 2.81. The fourth-order valence-corrected chi connectivity index (χ4v) is 1.73. The number of hydrogen-bond donors (Lipinski definition) is 3. The summed E-state index contributed by atoms with van der Waals surface area (Å²) >= 11 is 0. The number of carbonyl (C=O) groups excluding carboxylic acids is 2. The minimum atomic E-state index is -0.897. The molecule has 0 bridgehead atoms. The summed E-state index contributed by atoms with van der Waals surface area (Å²) in [5.74, 6) is -1.31. The summed E-state index contributed by atoms with van der Waals surface area (Å²) < 4.78 is 0. The number of hydrogen-bond acceptors (Lipinski definition) is 4. The lowest BCUT2D eigenvalue weighted by Gasteiger charge is -2.23. The molecule has 7 heteroatoms. The van der Waals surface area contributed by atoms with Gasteiger partial charge in [0.05, 0.1) is 6.42 Å². The van der Waals surface area contributed by atoms with Crippen molar-refractivity contribution in [3.05, 3.63) is 30.3 Å². The molecule has 0 aliphatic rings. The number of aliphatic carboxylic acids is 1. The number of rotatable bonds is 7. The first kappa shape index (κ1) is 16.5. The Morgan fingerprint density at radius 2 is 1.71 bits per heavy atom. The summed E-state index contributed by atoms with van der Waals surface area (Å²) in [6, 6.07) is 8.67. The Labute approximate surface area is 122 Å². The molecule has 0 saturated carbocycles. The first-order chi connectivity index (χ1) is 10.0. The Hall–Kier alpha value is -2.57. The summed E-state index contributed by atoms with van der Waals surface area (Å²) in [4.78, 5) is 35.1. The van der Waals surface area contributed by atoms with Gasteiger partial charge in [0.2, 0.25) is 5.91 Å². The van der Waals surface area contributed by atoms with Crippen LogP contribution in [0.2, 0.25) is 0 Å². The molecule has 0 heterocycles. The number of imide groups is 1. The minimum Gasteiger partial charge on any atom is -0.481 e. The van der Waals surface area contributed by atoms with Crippen LogP contribution in [-0.2, 0) is 9.59 Å². The Morgan fingerprint density at radius 1 is 1.10 bits per heavy atom. The van der Waals surface area contributed by atoms with Gasteiger partial charge in [0.15, 0.2) is 0 Å². The Kier molecular flexibility index (Phi) is 6.73. The lowest BCUT2D eigenvalue weighted by molar-refractivity contribution is -0.136. The maximum atomic E-state index is 11.6. The summed E-state index contributed by atoms with van der Waals surface area (Å²) in [6.07, 6.45) is 0.0773. The van der Waals surface area contributed by atoms with E-state index in [0.717, 1.165) is 5.69 Å². The van der Waals surface area contributed by atoms with E-state index in [4.69, 9.17) is 5.11 Å². The predicted octanol–water partition coefficient (Wildman–Crippen LogP) is 0.813. The van der Waals surface area contributed by atoms with E-state index in [1.54, 1.807) is 4.90 Å². The molecule has 3 N–H and O–H groups in total. The highest BCUT2D eigenvalue weighted by atomic mass is 16.4. The number of anilines is 1. The maximum absolute atomic E-state index is 11.6. The average Bonchev–Trinajstić information content (AvgIpc) is 2.47. The molecule has 7 nitrogen and oxygen atoms in total. The number of nitrogens with zero attached hydrogens (tertiary/aromatic N) is 1. The summed E-state index contributed by atoms with van der Waals surface area (Å²) in [6.45, 7) is 0.632. The third kappa shape index (κ3) is 6.42. The number of nitrogens with one attached hydrogen (secondary N) is 2. The zero-order valence-corrected chi connectivity index (χ0v) is 11.8. The molecule has 0 radical (unpaired) electrons. The Bertz CT molecular complexity index is 490. The lowest BCUT2D eigenvalue weighted by Crippen LogP contribution is -2.39. The van der Waals surface area contributed by atoms with Gasteiger partial charge in [-0.2, -0.15) is 0 Å². The molecular formula is C14H19N3O4. The van der Waals surface area contributed by atoms with Crippen LogP contribution in [0, 0.1) is 0 Å². The second-order valence-electron chi connectivity index (χ2n) is 4.34. The topological polar surface area (TPSA) is 98.7 Å². The van der Waals surface area contributed by atoms with Gasteiger partial charge in [0.1, 0.15) is 0 Å². The molecule has 0 saturated heterocycles. The predicted molar refractivity (Wildman–Crippen MR) is 78.1 cm³/mol. The third-order valence-electron chi connectivity index (χ3n) is 2.81. The van der Waals surface area contributed by atoms with Gasteiger partial charge in [-0.3, -0.25) is 14.9 Å². The van der Waals surface area contributed by atoms with Crippen LogP contribution in [0.5, 0.6) is 0 Å². The van der Waals surface area contributed by atoms with E-state index in [1.807, 2.05) is 30.3 Å². The molecule has 0 aliphatic heterocycles. The minimum absolute atomic E-state index is 0.0219.